The lowest BCUT2D eigenvalue weighted by atomic mass is 10.1. The number of hydrogen-bond acceptors (Lipinski definition) is 4. The summed E-state index contributed by atoms with van der Waals surface area (Å²) in [5.41, 5.74) is 1.06. The Hall–Kier alpha value is -1.92. The summed E-state index contributed by atoms with van der Waals surface area (Å²) in [7, 11) is 0. The van der Waals surface area contributed by atoms with Crippen LogP contribution in [0.15, 0.2) is 30.3 Å². The van der Waals surface area contributed by atoms with E-state index in [0.717, 1.165) is 44.1 Å². The molecule has 0 bridgehead atoms. The Balaban J connectivity index is 1.49. The maximum absolute atomic E-state index is 13.4. The molecule has 3 atom stereocenters. The van der Waals surface area contributed by atoms with Gasteiger partial charge in [0.15, 0.2) is 0 Å². The van der Waals surface area contributed by atoms with Crippen molar-refractivity contribution in [3.05, 3.63) is 35.9 Å². The zero-order valence-corrected chi connectivity index (χ0v) is 19.6. The third kappa shape index (κ3) is 6.79. The van der Waals surface area contributed by atoms with E-state index in [0.29, 0.717) is 26.1 Å². The molecule has 2 aliphatic rings. The average molecular weight is 445 g/mol. The van der Waals surface area contributed by atoms with E-state index in [1.807, 2.05) is 35.2 Å². The van der Waals surface area contributed by atoms with Crippen LogP contribution in [-0.4, -0.2) is 64.6 Å². The quantitative estimate of drug-likeness (QED) is 0.496. The van der Waals surface area contributed by atoms with Crippen LogP contribution in [0.1, 0.15) is 76.7 Å². The number of ether oxygens (including phenoxy) is 1. The van der Waals surface area contributed by atoms with Gasteiger partial charge < -0.3 is 19.6 Å². The van der Waals surface area contributed by atoms with Gasteiger partial charge in [-0.25, -0.2) is 0 Å². The van der Waals surface area contributed by atoms with E-state index in [-0.39, 0.29) is 30.5 Å². The molecule has 2 amide bonds. The molecule has 0 aromatic heterocycles. The highest BCUT2D eigenvalue weighted by molar-refractivity contribution is 5.88. The summed E-state index contributed by atoms with van der Waals surface area (Å²) in [6.07, 6.45) is 8.64. The molecule has 32 heavy (non-hydrogen) atoms. The first-order valence-electron chi connectivity index (χ1n) is 12.5. The Morgan fingerprint density at radius 3 is 2.53 bits per heavy atom. The molecule has 6 heteroatoms. The second kappa shape index (κ2) is 12.9. The van der Waals surface area contributed by atoms with Gasteiger partial charge in [0.25, 0.3) is 0 Å². The normalized spacial score (nSPS) is 21.8. The summed E-state index contributed by atoms with van der Waals surface area (Å²) in [5.74, 6) is 0.117. The first-order chi connectivity index (χ1) is 15.6. The topological polar surface area (TPSA) is 70.1 Å². The third-order valence-electron chi connectivity index (χ3n) is 6.78. The molecule has 2 heterocycles. The molecule has 0 spiro atoms. The number of benzene rings is 1. The smallest absolute Gasteiger partial charge is 0.245 e. The highest BCUT2D eigenvalue weighted by atomic mass is 16.5. The number of aliphatic hydroxyl groups excluding tert-OH is 1. The van der Waals surface area contributed by atoms with Gasteiger partial charge in [-0.05, 0) is 37.7 Å². The molecule has 0 aliphatic carbocycles. The Morgan fingerprint density at radius 2 is 1.75 bits per heavy atom. The maximum Gasteiger partial charge on any atom is 0.245 e. The molecule has 1 aromatic carbocycles. The van der Waals surface area contributed by atoms with Crippen LogP contribution in [0.3, 0.4) is 0 Å². The molecule has 1 unspecified atom stereocenters. The fourth-order valence-electron chi connectivity index (χ4n) is 4.99. The van der Waals surface area contributed by atoms with Crippen molar-refractivity contribution in [3.63, 3.8) is 0 Å². The Kier molecular flexibility index (Phi) is 10.0. The largest absolute Gasteiger partial charge is 0.389 e. The maximum atomic E-state index is 13.4. The second-order valence-electron chi connectivity index (χ2n) is 9.22. The number of aliphatic hydroxyl groups is 1. The van der Waals surface area contributed by atoms with Crippen LogP contribution in [0.4, 0.5) is 0 Å². The van der Waals surface area contributed by atoms with Crippen LogP contribution in [-0.2, 0) is 20.9 Å². The van der Waals surface area contributed by atoms with E-state index < -0.39 is 6.10 Å². The van der Waals surface area contributed by atoms with Gasteiger partial charge in [0.05, 0.1) is 25.4 Å². The van der Waals surface area contributed by atoms with Crippen LogP contribution in [0.5, 0.6) is 0 Å². The molecule has 2 aliphatic heterocycles. The van der Waals surface area contributed by atoms with E-state index in [2.05, 4.69) is 6.92 Å². The second-order valence-corrected chi connectivity index (χ2v) is 9.22. The summed E-state index contributed by atoms with van der Waals surface area (Å²) in [6.45, 7) is 4.15. The van der Waals surface area contributed by atoms with E-state index in [1.54, 1.807) is 4.90 Å². The van der Waals surface area contributed by atoms with Crippen molar-refractivity contribution in [2.45, 2.75) is 95.9 Å². The standard InChI is InChI=1S/C26H40N2O4/c1-2-3-4-5-9-16-25(30)27-17-11-15-23(27)26(31)28-18-10-14-22(28)24(29)20-32-19-21-12-7-6-8-13-21/h6-8,12-13,22-24,29H,2-5,9-11,14-20H2,1H3/t22-,23-,24?/m0/s1. The predicted octanol–water partition coefficient (Wildman–Crippen LogP) is 3.91. The average Bonchev–Trinajstić information content (AvgIpc) is 3.49. The van der Waals surface area contributed by atoms with Gasteiger partial charge in [0.1, 0.15) is 6.04 Å². The van der Waals surface area contributed by atoms with Crippen LogP contribution in [0.25, 0.3) is 0 Å². The minimum absolute atomic E-state index is 0.00597. The van der Waals surface area contributed by atoms with Gasteiger partial charge in [-0.3, -0.25) is 9.59 Å². The number of carbonyl (C=O) groups is 2. The first-order valence-corrected chi connectivity index (χ1v) is 12.5. The molecule has 178 valence electrons. The predicted molar refractivity (Wildman–Crippen MR) is 125 cm³/mol. The number of hydrogen-bond donors (Lipinski definition) is 1. The fourth-order valence-corrected chi connectivity index (χ4v) is 4.99. The molecule has 1 N–H and O–H groups in total. The summed E-state index contributed by atoms with van der Waals surface area (Å²) in [4.78, 5) is 29.8. The molecule has 2 saturated heterocycles. The Labute approximate surface area is 192 Å². The Bertz CT molecular complexity index is 711. The van der Waals surface area contributed by atoms with Crippen LogP contribution in [0.2, 0.25) is 0 Å². The molecule has 0 radical (unpaired) electrons. The number of nitrogens with zero attached hydrogens (tertiary/aromatic N) is 2. The number of unbranched alkanes of at least 4 members (excludes halogenated alkanes) is 4. The van der Waals surface area contributed by atoms with Gasteiger partial charge >= 0.3 is 0 Å². The summed E-state index contributed by atoms with van der Waals surface area (Å²) in [6, 6.07) is 9.28. The zero-order chi connectivity index (χ0) is 22.8. The first kappa shape index (κ1) is 24.7. The van der Waals surface area contributed by atoms with Crippen molar-refractivity contribution >= 4 is 11.8 Å². The zero-order valence-electron chi connectivity index (χ0n) is 19.6. The molecule has 2 fully saturated rings. The van der Waals surface area contributed by atoms with Gasteiger partial charge in [0.2, 0.25) is 11.8 Å². The van der Waals surface area contributed by atoms with E-state index in [4.69, 9.17) is 4.74 Å². The lowest BCUT2D eigenvalue weighted by Gasteiger charge is -2.33. The molecule has 1 aromatic rings. The number of rotatable bonds is 12. The Morgan fingerprint density at radius 1 is 1.03 bits per heavy atom. The van der Waals surface area contributed by atoms with Crippen molar-refractivity contribution in [1.29, 1.82) is 0 Å². The van der Waals surface area contributed by atoms with Crippen LogP contribution in [0, 0.1) is 0 Å². The molecular formula is C26H40N2O4. The van der Waals surface area contributed by atoms with Gasteiger partial charge in [-0.15, -0.1) is 0 Å². The van der Waals surface area contributed by atoms with Crippen molar-refractivity contribution in [2.24, 2.45) is 0 Å². The number of amides is 2. The highest BCUT2D eigenvalue weighted by Crippen LogP contribution is 2.27. The van der Waals surface area contributed by atoms with Crippen molar-refractivity contribution in [3.8, 4) is 0 Å². The summed E-state index contributed by atoms with van der Waals surface area (Å²) >= 11 is 0. The van der Waals surface area contributed by atoms with E-state index >= 15 is 0 Å². The van der Waals surface area contributed by atoms with Crippen LogP contribution < -0.4 is 0 Å². The summed E-state index contributed by atoms with van der Waals surface area (Å²) in [5, 5.41) is 10.8. The van der Waals surface area contributed by atoms with Crippen molar-refractivity contribution in [1.82, 2.24) is 9.80 Å². The molecule has 6 nitrogen and oxygen atoms in total. The SMILES string of the molecule is CCCCCCCC(=O)N1CCC[C@H]1C(=O)N1CCC[C@H]1C(O)COCc1ccccc1. The van der Waals surface area contributed by atoms with Gasteiger partial charge in [-0.2, -0.15) is 0 Å². The lowest BCUT2D eigenvalue weighted by molar-refractivity contribution is -0.146. The molecule has 0 saturated carbocycles. The third-order valence-corrected chi connectivity index (χ3v) is 6.78. The lowest BCUT2D eigenvalue weighted by Crippen LogP contribution is -2.52. The summed E-state index contributed by atoms with van der Waals surface area (Å²) < 4.78 is 5.73. The minimum atomic E-state index is -0.714. The van der Waals surface area contributed by atoms with E-state index in [1.165, 1.54) is 19.3 Å². The van der Waals surface area contributed by atoms with Gasteiger partial charge in [-0.1, -0.05) is 62.9 Å². The van der Waals surface area contributed by atoms with E-state index in [9.17, 15) is 14.7 Å². The monoisotopic (exact) mass is 444 g/mol. The molecule has 3 rings (SSSR count). The number of likely N-dealkylation sites (tertiary alicyclic amines) is 2. The van der Waals surface area contributed by atoms with Gasteiger partial charge in [0, 0.05) is 19.5 Å². The number of carbonyl (C=O) groups excluding carboxylic acids is 2. The molecular weight excluding hydrogens is 404 g/mol. The minimum Gasteiger partial charge on any atom is -0.389 e. The van der Waals surface area contributed by atoms with Crippen molar-refractivity contribution < 1.29 is 19.4 Å². The fraction of sp³-hybridized carbons (Fsp3) is 0.692. The highest BCUT2D eigenvalue weighted by Gasteiger charge is 2.41. The van der Waals surface area contributed by atoms with Crippen molar-refractivity contribution in [2.75, 3.05) is 19.7 Å². The van der Waals surface area contributed by atoms with Crippen LogP contribution >= 0.6 is 0 Å².